The highest BCUT2D eigenvalue weighted by Crippen LogP contribution is 2.20. The minimum Gasteiger partial charge on any atom is -0.341 e. The van der Waals surface area contributed by atoms with E-state index in [1.54, 1.807) is 23.9 Å². The molecule has 1 aliphatic rings. The molecule has 0 spiro atoms. The van der Waals surface area contributed by atoms with Crippen LogP contribution in [-0.2, 0) is 9.59 Å². The van der Waals surface area contributed by atoms with Crippen LogP contribution in [0.5, 0.6) is 0 Å². The molecule has 1 fully saturated rings. The molecule has 0 saturated carbocycles. The molecule has 2 amide bonds. The van der Waals surface area contributed by atoms with Crippen LogP contribution in [0.4, 0.5) is 5.82 Å². The maximum absolute atomic E-state index is 12.4. The molecule has 1 atom stereocenters. The van der Waals surface area contributed by atoms with Gasteiger partial charge in [-0.1, -0.05) is 25.4 Å². The summed E-state index contributed by atoms with van der Waals surface area (Å²) < 4.78 is 0. The van der Waals surface area contributed by atoms with Crippen LogP contribution < -0.4 is 5.32 Å². The van der Waals surface area contributed by atoms with E-state index in [1.807, 2.05) is 4.90 Å². The highest BCUT2D eigenvalue weighted by Gasteiger charge is 2.28. The number of piperidine rings is 1. The summed E-state index contributed by atoms with van der Waals surface area (Å²) >= 11 is 7.48. The minimum absolute atomic E-state index is 0.0835. The van der Waals surface area contributed by atoms with Crippen LogP contribution in [0.15, 0.2) is 18.3 Å². The van der Waals surface area contributed by atoms with Gasteiger partial charge in [0.2, 0.25) is 11.8 Å². The van der Waals surface area contributed by atoms with Gasteiger partial charge in [-0.15, -0.1) is 0 Å². The van der Waals surface area contributed by atoms with Crippen LogP contribution in [0.25, 0.3) is 0 Å². The van der Waals surface area contributed by atoms with Gasteiger partial charge >= 0.3 is 0 Å². The van der Waals surface area contributed by atoms with Crippen molar-refractivity contribution < 1.29 is 9.59 Å². The first-order valence-corrected chi connectivity index (χ1v) is 10.3. The summed E-state index contributed by atoms with van der Waals surface area (Å²) in [5.41, 5.74) is 0. The van der Waals surface area contributed by atoms with Gasteiger partial charge in [0.25, 0.3) is 0 Å². The third-order valence-electron chi connectivity index (χ3n) is 4.19. The van der Waals surface area contributed by atoms with E-state index in [0.29, 0.717) is 29.1 Å². The van der Waals surface area contributed by atoms with Crippen molar-refractivity contribution in [2.45, 2.75) is 33.1 Å². The quantitative estimate of drug-likeness (QED) is 0.729. The Morgan fingerprint density at radius 1 is 1.44 bits per heavy atom. The van der Waals surface area contributed by atoms with Crippen molar-refractivity contribution in [3.05, 3.63) is 23.4 Å². The molecule has 2 heterocycles. The number of hydrogen-bond acceptors (Lipinski definition) is 4. The average Bonchev–Trinajstić information content (AvgIpc) is 2.60. The van der Waals surface area contributed by atoms with E-state index in [0.717, 1.165) is 31.6 Å². The van der Waals surface area contributed by atoms with Crippen molar-refractivity contribution in [2.75, 3.05) is 29.9 Å². The zero-order chi connectivity index (χ0) is 18.2. The van der Waals surface area contributed by atoms with Crippen LogP contribution in [0.2, 0.25) is 5.02 Å². The molecule has 7 heteroatoms. The van der Waals surface area contributed by atoms with Crippen molar-refractivity contribution >= 4 is 41.0 Å². The fourth-order valence-electron chi connectivity index (χ4n) is 2.67. The van der Waals surface area contributed by atoms with E-state index in [1.165, 1.54) is 6.20 Å². The van der Waals surface area contributed by atoms with Gasteiger partial charge in [-0.2, -0.15) is 11.8 Å². The highest BCUT2D eigenvalue weighted by atomic mass is 35.5. The predicted octanol–water partition coefficient (Wildman–Crippen LogP) is 3.69. The number of pyridine rings is 1. The lowest BCUT2D eigenvalue weighted by Gasteiger charge is -2.32. The van der Waals surface area contributed by atoms with E-state index in [9.17, 15) is 9.59 Å². The molecule has 1 aromatic rings. The number of hydrogen-bond donors (Lipinski definition) is 1. The molecule has 0 aromatic carbocycles. The Morgan fingerprint density at radius 2 is 2.24 bits per heavy atom. The van der Waals surface area contributed by atoms with Gasteiger partial charge in [0.05, 0.1) is 16.7 Å². The lowest BCUT2D eigenvalue weighted by atomic mass is 9.97. The molecule has 0 bridgehead atoms. The van der Waals surface area contributed by atoms with Crippen LogP contribution in [0.1, 0.15) is 33.1 Å². The Hall–Kier alpha value is -1.27. The molecule has 1 aromatic heterocycles. The number of rotatable bonds is 7. The largest absolute Gasteiger partial charge is 0.341 e. The smallest absolute Gasteiger partial charge is 0.232 e. The predicted molar refractivity (Wildman–Crippen MR) is 104 cm³/mol. The number of carbonyl (C=O) groups is 2. The van der Waals surface area contributed by atoms with Gasteiger partial charge < -0.3 is 10.2 Å². The molecule has 1 saturated heterocycles. The molecule has 5 nitrogen and oxygen atoms in total. The van der Waals surface area contributed by atoms with Crippen LogP contribution in [0.3, 0.4) is 0 Å². The highest BCUT2D eigenvalue weighted by molar-refractivity contribution is 7.99. The van der Waals surface area contributed by atoms with E-state index >= 15 is 0 Å². The Balaban J connectivity index is 1.79. The summed E-state index contributed by atoms with van der Waals surface area (Å²) in [4.78, 5) is 30.7. The molecule has 25 heavy (non-hydrogen) atoms. The van der Waals surface area contributed by atoms with E-state index in [-0.39, 0.29) is 17.7 Å². The van der Waals surface area contributed by atoms with Gasteiger partial charge in [-0.3, -0.25) is 9.59 Å². The van der Waals surface area contributed by atoms with E-state index in [4.69, 9.17) is 11.6 Å². The molecule has 1 unspecified atom stereocenters. The first kappa shape index (κ1) is 20.0. The molecule has 138 valence electrons. The lowest BCUT2D eigenvalue weighted by molar-refractivity contribution is -0.132. The van der Waals surface area contributed by atoms with Crippen molar-refractivity contribution in [1.82, 2.24) is 9.88 Å². The molecule has 0 radical (unpaired) electrons. The van der Waals surface area contributed by atoms with Crippen molar-refractivity contribution in [3.63, 3.8) is 0 Å². The number of aromatic nitrogens is 1. The monoisotopic (exact) mass is 383 g/mol. The summed E-state index contributed by atoms with van der Waals surface area (Å²) in [6, 6.07) is 3.37. The summed E-state index contributed by atoms with van der Waals surface area (Å²) in [6.07, 6.45) is 4.28. The maximum atomic E-state index is 12.4. The first-order valence-electron chi connectivity index (χ1n) is 8.73. The Bertz CT molecular complexity index is 580. The van der Waals surface area contributed by atoms with Crippen molar-refractivity contribution in [2.24, 2.45) is 11.8 Å². The summed E-state index contributed by atoms with van der Waals surface area (Å²) in [7, 11) is 0. The summed E-state index contributed by atoms with van der Waals surface area (Å²) in [5.74, 6) is 2.52. The number of anilines is 1. The van der Waals surface area contributed by atoms with Gasteiger partial charge in [-0.25, -0.2) is 4.98 Å². The zero-order valence-corrected chi connectivity index (χ0v) is 16.4. The number of likely N-dealkylation sites (tertiary alicyclic amines) is 1. The third-order valence-corrected chi connectivity index (χ3v) is 5.39. The second-order valence-corrected chi connectivity index (χ2v) is 8.31. The number of nitrogens with one attached hydrogen (secondary N) is 1. The van der Waals surface area contributed by atoms with Gasteiger partial charge in [-0.05, 0) is 43.1 Å². The number of amides is 2. The third kappa shape index (κ3) is 6.86. The van der Waals surface area contributed by atoms with Crippen LogP contribution in [-0.4, -0.2) is 46.3 Å². The number of thioether (sulfide) groups is 1. The van der Waals surface area contributed by atoms with Crippen LogP contribution in [0, 0.1) is 11.8 Å². The topological polar surface area (TPSA) is 62.3 Å². The second kappa shape index (κ2) is 10.0. The zero-order valence-electron chi connectivity index (χ0n) is 14.8. The Morgan fingerprint density at radius 3 is 2.92 bits per heavy atom. The molecule has 0 aliphatic carbocycles. The van der Waals surface area contributed by atoms with Gasteiger partial charge in [0, 0.05) is 19.3 Å². The maximum Gasteiger partial charge on any atom is 0.232 e. The first-order chi connectivity index (χ1) is 12.0. The average molecular weight is 384 g/mol. The number of halogens is 1. The fourth-order valence-corrected chi connectivity index (χ4v) is 3.92. The fraction of sp³-hybridized carbons (Fsp3) is 0.611. The Kier molecular flexibility index (Phi) is 8.03. The van der Waals surface area contributed by atoms with E-state index < -0.39 is 0 Å². The van der Waals surface area contributed by atoms with E-state index in [2.05, 4.69) is 24.1 Å². The molecular weight excluding hydrogens is 358 g/mol. The van der Waals surface area contributed by atoms with Crippen molar-refractivity contribution in [3.8, 4) is 0 Å². The number of carbonyl (C=O) groups excluding carboxylic acids is 2. The second-order valence-electron chi connectivity index (χ2n) is 6.76. The molecule has 1 aliphatic heterocycles. The molecule has 2 rings (SSSR count). The standard InChI is InChI=1S/C18H26ClN3O2S/c1-13(2)7-9-25-12-17(23)22-8-3-4-14(11-22)18(24)21-16-6-5-15(19)10-20-16/h5-6,10,13-14H,3-4,7-9,11-12H2,1-2H3,(H,20,21,24). The molecular formula is C18H26ClN3O2S. The van der Waals surface area contributed by atoms with Crippen molar-refractivity contribution in [1.29, 1.82) is 0 Å². The Labute approximate surface area is 158 Å². The van der Waals surface area contributed by atoms with Crippen LogP contribution >= 0.6 is 23.4 Å². The normalized spacial score (nSPS) is 17.6. The number of nitrogens with zero attached hydrogens (tertiary/aromatic N) is 2. The summed E-state index contributed by atoms with van der Waals surface area (Å²) in [6.45, 7) is 5.60. The lowest BCUT2D eigenvalue weighted by Crippen LogP contribution is -2.44. The van der Waals surface area contributed by atoms with Gasteiger partial charge in [0.1, 0.15) is 5.82 Å². The minimum atomic E-state index is -0.184. The van der Waals surface area contributed by atoms with Gasteiger partial charge in [0.15, 0.2) is 0 Å². The summed E-state index contributed by atoms with van der Waals surface area (Å²) in [5, 5.41) is 3.34. The molecule has 1 N–H and O–H groups in total. The SMILES string of the molecule is CC(C)CCSCC(=O)N1CCCC(C(=O)Nc2ccc(Cl)cn2)C1.